The van der Waals surface area contributed by atoms with Crippen molar-refractivity contribution in [3.8, 4) is 5.75 Å². The van der Waals surface area contributed by atoms with Gasteiger partial charge in [-0.1, -0.05) is 0 Å². The van der Waals surface area contributed by atoms with Crippen molar-refractivity contribution in [3.63, 3.8) is 0 Å². The Bertz CT molecular complexity index is 403. The van der Waals surface area contributed by atoms with Gasteiger partial charge in [0.15, 0.2) is 0 Å². The summed E-state index contributed by atoms with van der Waals surface area (Å²) in [5.74, 6) is 0.853. The van der Waals surface area contributed by atoms with Crippen molar-refractivity contribution < 1.29 is 9.13 Å². The molecule has 1 saturated heterocycles. The van der Waals surface area contributed by atoms with Crippen LogP contribution in [0.3, 0.4) is 0 Å². The molecule has 0 amide bonds. The van der Waals surface area contributed by atoms with E-state index < -0.39 is 0 Å². The summed E-state index contributed by atoms with van der Waals surface area (Å²) in [5, 5.41) is 0. The van der Waals surface area contributed by atoms with E-state index in [4.69, 9.17) is 10.5 Å². The van der Waals surface area contributed by atoms with E-state index >= 15 is 0 Å². The number of hydrogen-bond acceptors (Lipinski definition) is 3. The summed E-state index contributed by atoms with van der Waals surface area (Å²) >= 11 is 0. The highest BCUT2D eigenvalue weighted by Gasteiger charge is 2.16. The Morgan fingerprint density at radius 3 is 2.74 bits per heavy atom. The second kappa shape index (κ2) is 6.75. The average molecular weight is 266 g/mol. The van der Waals surface area contributed by atoms with Crippen LogP contribution in [0.4, 0.5) is 10.1 Å². The third kappa shape index (κ3) is 3.83. The number of halogens is 1. The summed E-state index contributed by atoms with van der Waals surface area (Å²) in [5.41, 5.74) is 8.25. The number of piperidine rings is 1. The maximum absolute atomic E-state index is 12.0. The zero-order valence-electron chi connectivity index (χ0n) is 11.6. The minimum atomic E-state index is -0.328. The highest BCUT2D eigenvalue weighted by Crippen LogP contribution is 2.26. The fourth-order valence-electron chi connectivity index (χ4n) is 2.39. The molecule has 106 valence electrons. The molecule has 19 heavy (non-hydrogen) atoms. The first-order valence-electron chi connectivity index (χ1n) is 7.00. The van der Waals surface area contributed by atoms with Crippen molar-refractivity contribution in [3.05, 3.63) is 23.8 Å². The molecule has 1 aliphatic heterocycles. The predicted octanol–water partition coefficient (Wildman–Crippen LogP) is 2.66. The van der Waals surface area contributed by atoms with Crippen LogP contribution < -0.4 is 15.4 Å². The first-order valence-corrected chi connectivity index (χ1v) is 7.00. The molecule has 0 aromatic heterocycles. The number of alkyl halides is 1. The second-order valence-corrected chi connectivity index (χ2v) is 5.17. The van der Waals surface area contributed by atoms with Crippen molar-refractivity contribution in [1.82, 2.24) is 0 Å². The van der Waals surface area contributed by atoms with Crippen molar-refractivity contribution >= 4 is 5.69 Å². The Labute approximate surface area is 114 Å². The van der Waals surface area contributed by atoms with Gasteiger partial charge in [-0.3, -0.25) is 4.39 Å². The summed E-state index contributed by atoms with van der Waals surface area (Å²) in [6.07, 6.45) is 2.55. The Kier molecular flexibility index (Phi) is 5.02. The second-order valence-electron chi connectivity index (χ2n) is 5.17. The monoisotopic (exact) mass is 266 g/mol. The number of rotatable bonds is 5. The molecule has 0 spiro atoms. The molecular weight excluding hydrogens is 243 g/mol. The third-order valence-corrected chi connectivity index (χ3v) is 3.60. The minimum Gasteiger partial charge on any atom is -0.493 e. The van der Waals surface area contributed by atoms with Gasteiger partial charge >= 0.3 is 0 Å². The Balaban J connectivity index is 1.98. The van der Waals surface area contributed by atoms with E-state index in [1.54, 1.807) is 0 Å². The maximum Gasteiger partial charge on any atom is 0.122 e. The van der Waals surface area contributed by atoms with E-state index in [1.807, 2.05) is 13.0 Å². The largest absolute Gasteiger partial charge is 0.493 e. The van der Waals surface area contributed by atoms with Gasteiger partial charge in [0.25, 0.3) is 0 Å². The van der Waals surface area contributed by atoms with E-state index in [2.05, 4.69) is 17.0 Å². The quantitative estimate of drug-likeness (QED) is 0.833. The van der Waals surface area contributed by atoms with Crippen molar-refractivity contribution in [2.75, 3.05) is 31.3 Å². The van der Waals surface area contributed by atoms with Crippen LogP contribution in [0.15, 0.2) is 18.2 Å². The summed E-state index contributed by atoms with van der Waals surface area (Å²) in [6, 6.07) is 6.55. The molecule has 2 rings (SSSR count). The Morgan fingerprint density at radius 2 is 2.11 bits per heavy atom. The van der Waals surface area contributed by atoms with Gasteiger partial charge in [-0.2, -0.15) is 0 Å². The van der Waals surface area contributed by atoms with Crippen LogP contribution in [-0.4, -0.2) is 32.4 Å². The maximum atomic E-state index is 12.0. The number of nitrogens with zero attached hydrogens (tertiary/aromatic N) is 1. The van der Waals surface area contributed by atoms with Crippen molar-refractivity contribution in [2.24, 2.45) is 5.73 Å². The van der Waals surface area contributed by atoms with E-state index in [1.165, 1.54) is 5.69 Å². The zero-order valence-corrected chi connectivity index (χ0v) is 11.6. The van der Waals surface area contributed by atoms with Gasteiger partial charge in [-0.15, -0.1) is 0 Å². The van der Waals surface area contributed by atoms with Crippen LogP contribution in [0.1, 0.15) is 24.8 Å². The van der Waals surface area contributed by atoms with Gasteiger partial charge < -0.3 is 15.4 Å². The molecular formula is C15H23FN2O. The molecule has 0 atom stereocenters. The molecule has 1 aliphatic rings. The minimum absolute atomic E-state index is 0.328. The molecule has 4 heteroatoms. The lowest BCUT2D eigenvalue weighted by molar-refractivity contribution is 0.288. The van der Waals surface area contributed by atoms with Crippen molar-refractivity contribution in [2.45, 2.75) is 32.2 Å². The summed E-state index contributed by atoms with van der Waals surface area (Å²) < 4.78 is 17.6. The van der Waals surface area contributed by atoms with Gasteiger partial charge in [0.2, 0.25) is 0 Å². The van der Waals surface area contributed by atoms with E-state index in [-0.39, 0.29) is 6.67 Å². The molecule has 1 fully saturated rings. The molecule has 0 bridgehead atoms. The van der Waals surface area contributed by atoms with Crippen LogP contribution >= 0.6 is 0 Å². The lowest BCUT2D eigenvalue weighted by Gasteiger charge is -2.32. The fraction of sp³-hybridized carbons (Fsp3) is 0.600. The molecule has 2 N–H and O–H groups in total. The lowest BCUT2D eigenvalue weighted by atomic mass is 10.0. The SMILES string of the molecule is Cc1cc(N2CCC(N)CC2)ccc1OCCCF. The summed E-state index contributed by atoms with van der Waals surface area (Å²) in [7, 11) is 0. The molecule has 0 radical (unpaired) electrons. The number of aryl methyl sites for hydroxylation is 1. The number of benzene rings is 1. The Hall–Kier alpha value is -1.29. The van der Waals surface area contributed by atoms with Crippen LogP contribution in [0.25, 0.3) is 0 Å². The molecule has 1 aromatic carbocycles. The summed E-state index contributed by atoms with van der Waals surface area (Å²) in [6.45, 7) is 4.18. The fourth-order valence-corrected chi connectivity index (χ4v) is 2.39. The van der Waals surface area contributed by atoms with E-state index in [0.29, 0.717) is 19.1 Å². The van der Waals surface area contributed by atoms with Crippen LogP contribution in [0.5, 0.6) is 5.75 Å². The highest BCUT2D eigenvalue weighted by atomic mass is 19.1. The molecule has 0 unspecified atom stereocenters. The van der Waals surface area contributed by atoms with Crippen molar-refractivity contribution in [1.29, 1.82) is 0 Å². The number of hydrogen-bond donors (Lipinski definition) is 1. The van der Waals surface area contributed by atoms with Crippen LogP contribution in [-0.2, 0) is 0 Å². The predicted molar refractivity (Wildman–Crippen MR) is 76.7 cm³/mol. The molecule has 0 saturated carbocycles. The lowest BCUT2D eigenvalue weighted by Crippen LogP contribution is -2.39. The standard InChI is InChI=1S/C15H23FN2O/c1-12-11-14(18-8-5-13(17)6-9-18)3-4-15(12)19-10-2-7-16/h3-4,11,13H,2,5-10,17H2,1H3. The number of ether oxygens (including phenoxy) is 1. The van der Waals surface area contributed by atoms with Gasteiger partial charge in [-0.25, -0.2) is 0 Å². The van der Waals surface area contributed by atoms with Gasteiger partial charge in [0.1, 0.15) is 5.75 Å². The van der Waals surface area contributed by atoms with Gasteiger partial charge in [0, 0.05) is 31.2 Å². The molecule has 1 aromatic rings. The first-order chi connectivity index (χ1) is 9.20. The third-order valence-electron chi connectivity index (χ3n) is 3.60. The van der Waals surface area contributed by atoms with Gasteiger partial charge in [0.05, 0.1) is 13.3 Å². The molecule has 0 aliphatic carbocycles. The van der Waals surface area contributed by atoms with Crippen LogP contribution in [0, 0.1) is 6.92 Å². The number of nitrogens with two attached hydrogens (primary N) is 1. The Morgan fingerprint density at radius 1 is 1.37 bits per heavy atom. The topological polar surface area (TPSA) is 38.5 Å². The zero-order chi connectivity index (χ0) is 13.7. The number of anilines is 1. The normalized spacial score (nSPS) is 16.7. The van der Waals surface area contributed by atoms with E-state index in [0.717, 1.165) is 37.2 Å². The molecule has 3 nitrogen and oxygen atoms in total. The molecule has 1 heterocycles. The van der Waals surface area contributed by atoms with E-state index in [9.17, 15) is 4.39 Å². The summed E-state index contributed by atoms with van der Waals surface area (Å²) in [4.78, 5) is 2.36. The first kappa shape index (κ1) is 14.1. The average Bonchev–Trinajstić information content (AvgIpc) is 2.42. The van der Waals surface area contributed by atoms with Crippen LogP contribution in [0.2, 0.25) is 0 Å². The smallest absolute Gasteiger partial charge is 0.122 e. The van der Waals surface area contributed by atoms with Gasteiger partial charge in [-0.05, 0) is 43.5 Å². The highest BCUT2D eigenvalue weighted by molar-refractivity contribution is 5.53.